The standard InChI is InChI=1S/C17H17F2N3O2S2/c1-11(2)22-10-16(17(21-22)15-7-4-8-25-15)26(23,24)20-9-12-13(18)5-3-6-14(12)19/h3-8,10-11,20H,9H2,1-2H3. The molecule has 0 saturated heterocycles. The predicted octanol–water partition coefficient (Wildman–Crippen LogP) is 3.95. The lowest BCUT2D eigenvalue weighted by Gasteiger charge is -2.08. The molecule has 0 fully saturated rings. The van der Waals surface area contributed by atoms with E-state index in [2.05, 4.69) is 9.82 Å². The summed E-state index contributed by atoms with van der Waals surface area (Å²) in [5, 5.41) is 6.19. The number of sulfonamides is 1. The minimum atomic E-state index is -4.02. The Morgan fingerprint density at radius 2 is 1.88 bits per heavy atom. The zero-order valence-electron chi connectivity index (χ0n) is 14.1. The second-order valence-corrected chi connectivity index (χ2v) is 8.60. The fourth-order valence-corrected chi connectivity index (χ4v) is 4.30. The molecule has 0 spiro atoms. The van der Waals surface area contributed by atoms with E-state index in [0.717, 1.165) is 12.1 Å². The van der Waals surface area contributed by atoms with Crippen LogP contribution in [-0.4, -0.2) is 18.2 Å². The highest BCUT2D eigenvalue weighted by Gasteiger charge is 2.25. The van der Waals surface area contributed by atoms with Gasteiger partial charge >= 0.3 is 0 Å². The van der Waals surface area contributed by atoms with Crippen molar-refractivity contribution >= 4 is 21.4 Å². The molecule has 0 saturated carbocycles. The van der Waals surface area contributed by atoms with Crippen molar-refractivity contribution in [2.24, 2.45) is 0 Å². The molecule has 0 aliphatic rings. The van der Waals surface area contributed by atoms with Gasteiger partial charge in [-0.15, -0.1) is 11.3 Å². The Bertz CT molecular complexity index is 993. The summed E-state index contributed by atoms with van der Waals surface area (Å²) in [6, 6.07) is 6.92. The molecule has 0 atom stereocenters. The molecule has 0 unspecified atom stereocenters. The highest BCUT2D eigenvalue weighted by atomic mass is 32.2. The number of hydrogen-bond acceptors (Lipinski definition) is 4. The molecule has 0 radical (unpaired) electrons. The average molecular weight is 397 g/mol. The molecule has 5 nitrogen and oxygen atoms in total. The van der Waals surface area contributed by atoms with Gasteiger partial charge in [-0.25, -0.2) is 21.9 Å². The molecule has 1 aromatic carbocycles. The van der Waals surface area contributed by atoms with Gasteiger partial charge in [-0.1, -0.05) is 12.1 Å². The van der Waals surface area contributed by atoms with Crippen LogP contribution < -0.4 is 4.72 Å². The van der Waals surface area contributed by atoms with E-state index in [9.17, 15) is 17.2 Å². The van der Waals surface area contributed by atoms with Crippen molar-refractivity contribution in [1.82, 2.24) is 14.5 Å². The molecule has 9 heteroatoms. The summed E-state index contributed by atoms with van der Waals surface area (Å²) in [6.07, 6.45) is 1.43. The summed E-state index contributed by atoms with van der Waals surface area (Å²) >= 11 is 1.36. The molecule has 26 heavy (non-hydrogen) atoms. The van der Waals surface area contributed by atoms with Gasteiger partial charge in [0.05, 0.1) is 4.88 Å². The molecule has 2 heterocycles. The first-order valence-electron chi connectivity index (χ1n) is 7.85. The number of halogens is 2. The molecule has 0 aliphatic carbocycles. The fraction of sp³-hybridized carbons (Fsp3) is 0.235. The van der Waals surface area contributed by atoms with Crippen molar-refractivity contribution in [3.63, 3.8) is 0 Å². The van der Waals surface area contributed by atoms with Gasteiger partial charge in [0.1, 0.15) is 22.2 Å². The van der Waals surface area contributed by atoms with Crippen LogP contribution in [0.1, 0.15) is 25.5 Å². The quantitative estimate of drug-likeness (QED) is 0.685. The summed E-state index contributed by atoms with van der Waals surface area (Å²) in [5.41, 5.74) is -0.0137. The van der Waals surface area contributed by atoms with E-state index in [-0.39, 0.29) is 16.5 Å². The molecule has 3 aromatic rings. The van der Waals surface area contributed by atoms with Gasteiger partial charge in [0.25, 0.3) is 0 Å². The zero-order valence-corrected chi connectivity index (χ0v) is 15.7. The number of aromatic nitrogens is 2. The van der Waals surface area contributed by atoms with E-state index in [1.165, 1.54) is 23.6 Å². The van der Waals surface area contributed by atoms with Crippen molar-refractivity contribution in [3.05, 3.63) is 59.1 Å². The average Bonchev–Trinajstić information content (AvgIpc) is 3.24. The van der Waals surface area contributed by atoms with Crippen LogP contribution in [-0.2, 0) is 16.6 Å². The van der Waals surface area contributed by atoms with Crippen LogP contribution in [0.4, 0.5) is 8.78 Å². The Balaban J connectivity index is 1.96. The highest BCUT2D eigenvalue weighted by Crippen LogP contribution is 2.30. The first-order chi connectivity index (χ1) is 12.3. The van der Waals surface area contributed by atoms with E-state index in [0.29, 0.717) is 10.6 Å². The molecular formula is C17H17F2N3O2S2. The number of benzene rings is 1. The molecule has 0 bridgehead atoms. The fourth-order valence-electron chi connectivity index (χ4n) is 2.37. The number of rotatable bonds is 6. The second kappa shape index (κ2) is 7.26. The topological polar surface area (TPSA) is 64.0 Å². The molecule has 0 amide bonds. The second-order valence-electron chi connectivity index (χ2n) is 5.92. The number of nitrogens with one attached hydrogen (secondary N) is 1. The van der Waals surface area contributed by atoms with Crippen molar-refractivity contribution < 1.29 is 17.2 Å². The van der Waals surface area contributed by atoms with E-state index in [1.54, 1.807) is 16.8 Å². The zero-order chi connectivity index (χ0) is 18.9. The van der Waals surface area contributed by atoms with E-state index >= 15 is 0 Å². The van der Waals surface area contributed by atoms with Gasteiger partial charge in [-0.3, -0.25) is 4.68 Å². The lowest BCUT2D eigenvalue weighted by Crippen LogP contribution is -2.24. The predicted molar refractivity (Wildman–Crippen MR) is 96.3 cm³/mol. The first-order valence-corrected chi connectivity index (χ1v) is 10.2. The SMILES string of the molecule is CC(C)n1cc(S(=O)(=O)NCc2c(F)cccc2F)c(-c2cccs2)n1. The van der Waals surface area contributed by atoms with Crippen LogP contribution in [0.5, 0.6) is 0 Å². The number of hydrogen-bond donors (Lipinski definition) is 1. The summed E-state index contributed by atoms with van der Waals surface area (Å²) in [4.78, 5) is 0.673. The molecule has 1 N–H and O–H groups in total. The summed E-state index contributed by atoms with van der Waals surface area (Å²) in [6.45, 7) is 3.27. The third-order valence-electron chi connectivity index (χ3n) is 3.77. The van der Waals surface area contributed by atoms with Crippen LogP contribution in [0.15, 0.2) is 46.8 Å². The van der Waals surface area contributed by atoms with Crippen LogP contribution in [0.2, 0.25) is 0 Å². The van der Waals surface area contributed by atoms with Gasteiger partial charge < -0.3 is 0 Å². The number of thiophene rings is 1. The van der Waals surface area contributed by atoms with Gasteiger partial charge in [-0.2, -0.15) is 5.10 Å². The lowest BCUT2D eigenvalue weighted by molar-refractivity contribution is 0.531. The Kier molecular flexibility index (Phi) is 5.22. The molecule has 0 aliphatic heterocycles. The molecule has 138 valence electrons. The summed E-state index contributed by atoms with van der Waals surface area (Å²) < 4.78 is 56.9. The largest absolute Gasteiger partial charge is 0.268 e. The molecule has 3 rings (SSSR count). The third kappa shape index (κ3) is 3.69. The molecular weight excluding hydrogens is 380 g/mol. The third-order valence-corrected chi connectivity index (χ3v) is 6.05. The Morgan fingerprint density at radius 1 is 1.19 bits per heavy atom. The Hall–Kier alpha value is -2.10. The lowest BCUT2D eigenvalue weighted by atomic mass is 10.2. The monoisotopic (exact) mass is 397 g/mol. The summed E-state index contributed by atoms with van der Waals surface area (Å²) in [7, 11) is -4.02. The summed E-state index contributed by atoms with van der Waals surface area (Å²) in [5.74, 6) is -1.60. The first kappa shape index (κ1) is 18.7. The van der Waals surface area contributed by atoms with Crippen molar-refractivity contribution in [2.45, 2.75) is 31.3 Å². The number of nitrogens with zero attached hydrogens (tertiary/aromatic N) is 2. The van der Waals surface area contributed by atoms with Gasteiger partial charge in [0.15, 0.2) is 0 Å². The maximum Gasteiger partial charge on any atom is 0.244 e. The Morgan fingerprint density at radius 3 is 2.46 bits per heavy atom. The van der Waals surface area contributed by atoms with E-state index in [4.69, 9.17) is 0 Å². The van der Waals surface area contributed by atoms with E-state index < -0.39 is 28.2 Å². The maximum atomic E-state index is 13.8. The normalized spacial score (nSPS) is 12.0. The van der Waals surface area contributed by atoms with Crippen LogP contribution in [0, 0.1) is 11.6 Å². The minimum absolute atomic E-state index is 0.0228. The smallest absolute Gasteiger partial charge is 0.244 e. The van der Waals surface area contributed by atoms with Crippen molar-refractivity contribution in [1.29, 1.82) is 0 Å². The van der Waals surface area contributed by atoms with E-state index in [1.807, 2.05) is 19.2 Å². The minimum Gasteiger partial charge on any atom is -0.268 e. The van der Waals surface area contributed by atoms with Gasteiger partial charge in [-0.05, 0) is 37.4 Å². The van der Waals surface area contributed by atoms with Gasteiger partial charge in [0, 0.05) is 24.3 Å². The van der Waals surface area contributed by atoms with Crippen LogP contribution in [0.3, 0.4) is 0 Å². The Labute approximate surface area is 154 Å². The maximum absolute atomic E-state index is 13.8. The molecule has 2 aromatic heterocycles. The van der Waals surface area contributed by atoms with Crippen molar-refractivity contribution in [2.75, 3.05) is 0 Å². The van der Waals surface area contributed by atoms with Gasteiger partial charge in [0.2, 0.25) is 10.0 Å². The van der Waals surface area contributed by atoms with Crippen LogP contribution in [0.25, 0.3) is 10.6 Å². The highest BCUT2D eigenvalue weighted by molar-refractivity contribution is 7.89. The van der Waals surface area contributed by atoms with Crippen molar-refractivity contribution in [3.8, 4) is 10.6 Å². The van der Waals surface area contributed by atoms with Crippen LogP contribution >= 0.6 is 11.3 Å².